The van der Waals surface area contributed by atoms with E-state index in [0.29, 0.717) is 19.8 Å². The van der Waals surface area contributed by atoms with Crippen molar-refractivity contribution in [1.82, 2.24) is 15.0 Å². The van der Waals surface area contributed by atoms with E-state index in [1.54, 1.807) is 10.9 Å². The molecule has 6 nitrogen and oxygen atoms in total. The average Bonchev–Trinajstić information content (AvgIpc) is 2.86. The number of ether oxygens (including phenoxy) is 2. The molecule has 1 aliphatic heterocycles. The molecule has 0 radical (unpaired) electrons. The summed E-state index contributed by atoms with van der Waals surface area (Å²) in [5.74, 6) is 1.49. The van der Waals surface area contributed by atoms with Gasteiger partial charge >= 0.3 is 0 Å². The van der Waals surface area contributed by atoms with Crippen LogP contribution in [0.1, 0.15) is 5.69 Å². The van der Waals surface area contributed by atoms with E-state index in [-0.39, 0.29) is 0 Å². The Labute approximate surface area is 97.9 Å². The highest BCUT2D eigenvalue weighted by Crippen LogP contribution is 2.31. The van der Waals surface area contributed by atoms with Crippen molar-refractivity contribution >= 4 is 0 Å². The maximum Gasteiger partial charge on any atom is 0.163 e. The predicted octanol–water partition coefficient (Wildman–Crippen LogP) is 0.497. The Balaban J connectivity index is 2.04. The fourth-order valence-corrected chi connectivity index (χ4v) is 1.78. The minimum Gasteiger partial charge on any atom is -0.486 e. The monoisotopic (exact) mass is 232 g/mol. The van der Waals surface area contributed by atoms with Gasteiger partial charge in [0, 0.05) is 12.6 Å². The summed E-state index contributed by atoms with van der Waals surface area (Å²) in [4.78, 5) is 0. The molecule has 17 heavy (non-hydrogen) atoms. The second kappa shape index (κ2) is 4.06. The molecule has 0 aliphatic carbocycles. The molecule has 1 aromatic heterocycles. The quantitative estimate of drug-likeness (QED) is 0.815. The van der Waals surface area contributed by atoms with Gasteiger partial charge in [-0.3, -0.25) is 0 Å². The Morgan fingerprint density at radius 1 is 1.24 bits per heavy atom. The largest absolute Gasteiger partial charge is 0.486 e. The third-order valence-corrected chi connectivity index (χ3v) is 2.60. The number of aromatic nitrogens is 3. The van der Waals surface area contributed by atoms with Gasteiger partial charge in [-0.15, -0.1) is 5.10 Å². The zero-order chi connectivity index (χ0) is 11.7. The summed E-state index contributed by atoms with van der Waals surface area (Å²) in [5, 5.41) is 7.84. The summed E-state index contributed by atoms with van der Waals surface area (Å²) in [7, 11) is 0. The van der Waals surface area contributed by atoms with E-state index in [2.05, 4.69) is 10.3 Å². The fourth-order valence-electron chi connectivity index (χ4n) is 1.78. The summed E-state index contributed by atoms with van der Waals surface area (Å²) in [6, 6.07) is 5.65. The standard InChI is InChI=1S/C11H12N4O2/c12-6-9-7-13-14-15(9)8-1-2-10-11(5-8)17-4-3-16-10/h1-2,5,7H,3-4,6,12H2. The molecule has 1 aliphatic rings. The molecule has 6 heteroatoms. The van der Waals surface area contributed by atoms with Crippen molar-refractivity contribution in [3.8, 4) is 17.2 Å². The third-order valence-electron chi connectivity index (χ3n) is 2.60. The Kier molecular flexibility index (Phi) is 2.41. The van der Waals surface area contributed by atoms with Crippen molar-refractivity contribution in [2.45, 2.75) is 6.54 Å². The van der Waals surface area contributed by atoms with Crippen molar-refractivity contribution in [2.75, 3.05) is 13.2 Å². The lowest BCUT2D eigenvalue weighted by molar-refractivity contribution is 0.171. The Bertz CT molecular complexity index is 538. The number of nitrogens with two attached hydrogens (primary N) is 1. The summed E-state index contributed by atoms with van der Waals surface area (Å²) >= 11 is 0. The van der Waals surface area contributed by atoms with Gasteiger partial charge in [0.2, 0.25) is 0 Å². The molecule has 3 rings (SSSR count). The van der Waals surface area contributed by atoms with Gasteiger partial charge in [0.1, 0.15) is 13.2 Å². The maximum absolute atomic E-state index is 5.61. The number of rotatable bonds is 2. The van der Waals surface area contributed by atoms with Crippen LogP contribution < -0.4 is 15.2 Å². The van der Waals surface area contributed by atoms with Gasteiger partial charge in [-0.25, -0.2) is 4.68 Å². The number of hydrogen-bond donors (Lipinski definition) is 1. The van der Waals surface area contributed by atoms with Gasteiger partial charge in [0.25, 0.3) is 0 Å². The van der Waals surface area contributed by atoms with Crippen LogP contribution in [0.5, 0.6) is 11.5 Å². The smallest absolute Gasteiger partial charge is 0.163 e. The zero-order valence-electron chi connectivity index (χ0n) is 9.17. The minimum atomic E-state index is 0.390. The van der Waals surface area contributed by atoms with Gasteiger partial charge in [0.15, 0.2) is 11.5 Å². The average molecular weight is 232 g/mol. The molecule has 2 heterocycles. The molecular formula is C11H12N4O2. The van der Waals surface area contributed by atoms with Crippen LogP contribution in [0.25, 0.3) is 5.69 Å². The molecule has 0 atom stereocenters. The van der Waals surface area contributed by atoms with Crippen molar-refractivity contribution in [2.24, 2.45) is 5.73 Å². The highest BCUT2D eigenvalue weighted by Gasteiger charge is 2.13. The van der Waals surface area contributed by atoms with Crippen molar-refractivity contribution in [1.29, 1.82) is 0 Å². The summed E-state index contributed by atoms with van der Waals surface area (Å²) in [5.41, 5.74) is 7.33. The number of nitrogens with zero attached hydrogens (tertiary/aromatic N) is 3. The molecule has 0 saturated carbocycles. The first-order valence-corrected chi connectivity index (χ1v) is 5.38. The first-order chi connectivity index (χ1) is 8.38. The van der Waals surface area contributed by atoms with Gasteiger partial charge < -0.3 is 15.2 Å². The molecule has 0 amide bonds. The van der Waals surface area contributed by atoms with Crippen LogP contribution in [-0.2, 0) is 6.54 Å². The Morgan fingerprint density at radius 2 is 2.06 bits per heavy atom. The van der Waals surface area contributed by atoms with Crippen molar-refractivity contribution < 1.29 is 9.47 Å². The SMILES string of the molecule is NCc1cnnn1-c1ccc2c(c1)OCCO2. The van der Waals surface area contributed by atoms with Gasteiger partial charge in [0.05, 0.1) is 17.6 Å². The van der Waals surface area contributed by atoms with Crippen LogP contribution in [0.2, 0.25) is 0 Å². The summed E-state index contributed by atoms with van der Waals surface area (Å²) < 4.78 is 12.7. The summed E-state index contributed by atoms with van der Waals surface area (Å²) in [6.07, 6.45) is 1.65. The first kappa shape index (κ1) is 10.1. The van der Waals surface area contributed by atoms with E-state index in [1.165, 1.54) is 0 Å². The van der Waals surface area contributed by atoms with Gasteiger partial charge in [-0.1, -0.05) is 5.21 Å². The van der Waals surface area contributed by atoms with Gasteiger partial charge in [-0.05, 0) is 12.1 Å². The summed E-state index contributed by atoms with van der Waals surface area (Å²) in [6.45, 7) is 1.54. The van der Waals surface area contributed by atoms with E-state index in [1.807, 2.05) is 18.2 Å². The molecule has 88 valence electrons. The number of fused-ring (bicyclic) bond motifs is 1. The normalized spacial score (nSPS) is 13.7. The predicted molar refractivity (Wildman–Crippen MR) is 60.2 cm³/mol. The van der Waals surface area contributed by atoms with Crippen LogP contribution in [0, 0.1) is 0 Å². The third kappa shape index (κ3) is 1.72. The molecule has 0 fully saturated rings. The van der Waals surface area contributed by atoms with E-state index in [9.17, 15) is 0 Å². The molecule has 2 N–H and O–H groups in total. The second-order valence-electron chi connectivity index (χ2n) is 3.67. The lowest BCUT2D eigenvalue weighted by Crippen LogP contribution is -2.16. The minimum absolute atomic E-state index is 0.390. The highest BCUT2D eigenvalue weighted by molar-refractivity contribution is 5.49. The van der Waals surface area contributed by atoms with Crippen LogP contribution >= 0.6 is 0 Å². The van der Waals surface area contributed by atoms with Crippen LogP contribution in [0.3, 0.4) is 0 Å². The lowest BCUT2D eigenvalue weighted by Gasteiger charge is -2.18. The van der Waals surface area contributed by atoms with Crippen molar-refractivity contribution in [3.05, 3.63) is 30.1 Å². The molecule has 2 aromatic rings. The topological polar surface area (TPSA) is 75.2 Å². The van der Waals surface area contributed by atoms with Crippen LogP contribution in [0.15, 0.2) is 24.4 Å². The Hall–Kier alpha value is -2.08. The molecular weight excluding hydrogens is 220 g/mol. The first-order valence-electron chi connectivity index (χ1n) is 5.38. The lowest BCUT2D eigenvalue weighted by atomic mass is 10.2. The molecule has 0 bridgehead atoms. The molecule has 0 saturated heterocycles. The Morgan fingerprint density at radius 3 is 2.88 bits per heavy atom. The molecule has 0 unspecified atom stereocenters. The second-order valence-corrected chi connectivity index (χ2v) is 3.67. The molecule has 0 spiro atoms. The van der Waals surface area contributed by atoms with E-state index in [0.717, 1.165) is 22.9 Å². The van der Waals surface area contributed by atoms with E-state index < -0.39 is 0 Å². The van der Waals surface area contributed by atoms with Crippen LogP contribution in [0.4, 0.5) is 0 Å². The highest BCUT2D eigenvalue weighted by atomic mass is 16.6. The zero-order valence-corrected chi connectivity index (χ0v) is 9.17. The molecule has 1 aromatic carbocycles. The van der Waals surface area contributed by atoms with E-state index >= 15 is 0 Å². The fraction of sp³-hybridized carbons (Fsp3) is 0.273. The van der Waals surface area contributed by atoms with Crippen molar-refractivity contribution in [3.63, 3.8) is 0 Å². The number of hydrogen-bond acceptors (Lipinski definition) is 5. The van der Waals surface area contributed by atoms with E-state index in [4.69, 9.17) is 15.2 Å². The van der Waals surface area contributed by atoms with Crippen LogP contribution in [-0.4, -0.2) is 28.2 Å². The maximum atomic E-state index is 5.61. The number of benzene rings is 1. The van der Waals surface area contributed by atoms with Gasteiger partial charge in [-0.2, -0.15) is 0 Å².